The van der Waals surface area contributed by atoms with E-state index in [1.165, 1.54) is 0 Å². The normalized spacial score (nSPS) is 14.5. The Bertz CT molecular complexity index is 339. The molecule has 1 amide bonds. The Morgan fingerprint density at radius 2 is 2.40 bits per heavy atom. The first-order chi connectivity index (χ1) is 7.11. The maximum absolute atomic E-state index is 11.3. The molecule has 1 aromatic rings. The van der Waals surface area contributed by atoms with Gasteiger partial charge < -0.3 is 5.32 Å². The largest absolute Gasteiger partial charge is 0.349 e. The third-order valence-electron chi connectivity index (χ3n) is 1.95. The standard InChI is InChI=1S/C7H13N5O2S/c1-5(15(2)14)3-4-8-7(13)6-9-11-12-10-6/h5H,3-4H2,1-2H3,(H,8,13)(H,9,10,11,12). The van der Waals surface area contributed by atoms with Gasteiger partial charge in [0.25, 0.3) is 11.7 Å². The Kier molecular flexibility index (Phi) is 4.35. The molecule has 8 heteroatoms. The lowest BCUT2D eigenvalue weighted by atomic mass is 10.3. The predicted molar refractivity (Wildman–Crippen MR) is 54.7 cm³/mol. The van der Waals surface area contributed by atoms with Crippen molar-refractivity contribution >= 4 is 16.7 Å². The Morgan fingerprint density at radius 3 is 2.93 bits per heavy atom. The summed E-state index contributed by atoms with van der Waals surface area (Å²) in [5.74, 6) is -0.363. The van der Waals surface area contributed by atoms with Gasteiger partial charge >= 0.3 is 0 Å². The van der Waals surface area contributed by atoms with Gasteiger partial charge in [0.05, 0.1) is 0 Å². The third kappa shape index (κ3) is 3.74. The number of tetrazole rings is 1. The minimum absolute atomic E-state index is 0.0141. The van der Waals surface area contributed by atoms with Gasteiger partial charge in [-0.05, 0) is 11.6 Å². The van der Waals surface area contributed by atoms with E-state index >= 15 is 0 Å². The monoisotopic (exact) mass is 231 g/mol. The summed E-state index contributed by atoms with van der Waals surface area (Å²) in [6.07, 6.45) is 2.30. The fourth-order valence-corrected chi connectivity index (χ4v) is 1.34. The van der Waals surface area contributed by atoms with Crippen molar-refractivity contribution in [3.8, 4) is 0 Å². The summed E-state index contributed by atoms with van der Waals surface area (Å²) in [5.41, 5.74) is 0. The summed E-state index contributed by atoms with van der Waals surface area (Å²) < 4.78 is 11.0. The molecule has 2 unspecified atom stereocenters. The second kappa shape index (κ2) is 5.54. The van der Waals surface area contributed by atoms with Crippen molar-refractivity contribution in [3.63, 3.8) is 0 Å². The highest BCUT2D eigenvalue weighted by Gasteiger charge is 2.11. The molecule has 0 aromatic carbocycles. The summed E-state index contributed by atoms with van der Waals surface area (Å²) >= 11 is 0. The summed E-state index contributed by atoms with van der Waals surface area (Å²) in [7, 11) is -0.863. The van der Waals surface area contributed by atoms with Gasteiger partial charge in [0.15, 0.2) is 0 Å². The van der Waals surface area contributed by atoms with E-state index in [0.29, 0.717) is 13.0 Å². The molecule has 2 N–H and O–H groups in total. The first kappa shape index (κ1) is 11.8. The number of hydrogen-bond donors (Lipinski definition) is 2. The van der Waals surface area contributed by atoms with Crippen LogP contribution in [0, 0.1) is 0 Å². The topological polar surface area (TPSA) is 101 Å². The number of H-pyrrole nitrogens is 1. The van der Waals surface area contributed by atoms with Crippen molar-refractivity contribution < 1.29 is 9.00 Å². The van der Waals surface area contributed by atoms with Gasteiger partial charge in [-0.15, -0.1) is 10.2 Å². The molecule has 0 saturated heterocycles. The van der Waals surface area contributed by atoms with Gasteiger partial charge in [-0.1, -0.05) is 6.92 Å². The summed E-state index contributed by atoms with van der Waals surface area (Å²) in [6.45, 7) is 2.32. The molecule has 84 valence electrons. The maximum atomic E-state index is 11.3. The molecule has 0 aliphatic carbocycles. The molecule has 0 saturated carbocycles. The van der Waals surface area contributed by atoms with Crippen LogP contribution in [-0.4, -0.2) is 48.8 Å². The van der Waals surface area contributed by atoms with Crippen molar-refractivity contribution in [2.45, 2.75) is 18.6 Å². The average Bonchev–Trinajstić information content (AvgIpc) is 2.70. The Balaban J connectivity index is 2.27. The van der Waals surface area contributed by atoms with Crippen LogP contribution >= 0.6 is 0 Å². The highest BCUT2D eigenvalue weighted by molar-refractivity contribution is 7.84. The van der Waals surface area contributed by atoms with E-state index in [1.807, 2.05) is 6.92 Å². The van der Waals surface area contributed by atoms with Crippen LogP contribution in [0.5, 0.6) is 0 Å². The Labute approximate surface area is 89.5 Å². The van der Waals surface area contributed by atoms with Crippen LogP contribution in [0.4, 0.5) is 0 Å². The van der Waals surface area contributed by atoms with Crippen molar-refractivity contribution in [2.75, 3.05) is 12.8 Å². The smallest absolute Gasteiger partial charge is 0.292 e. The fraction of sp³-hybridized carbons (Fsp3) is 0.714. The zero-order valence-corrected chi connectivity index (χ0v) is 9.37. The van der Waals surface area contributed by atoms with E-state index < -0.39 is 10.8 Å². The van der Waals surface area contributed by atoms with E-state index in [9.17, 15) is 9.00 Å². The van der Waals surface area contributed by atoms with Crippen LogP contribution < -0.4 is 5.32 Å². The number of rotatable bonds is 5. The number of hydrogen-bond acceptors (Lipinski definition) is 5. The molecule has 7 nitrogen and oxygen atoms in total. The van der Waals surface area contributed by atoms with Crippen LogP contribution in [0.1, 0.15) is 24.0 Å². The number of aromatic nitrogens is 4. The second-order valence-electron chi connectivity index (χ2n) is 3.09. The molecule has 0 fully saturated rings. The fourth-order valence-electron chi connectivity index (χ4n) is 0.892. The number of aromatic amines is 1. The highest BCUT2D eigenvalue weighted by atomic mass is 32.2. The molecule has 0 aliphatic rings. The van der Waals surface area contributed by atoms with Crippen LogP contribution in [0.3, 0.4) is 0 Å². The van der Waals surface area contributed by atoms with Gasteiger partial charge in [-0.2, -0.15) is 5.21 Å². The summed E-state index contributed by atoms with van der Waals surface area (Å²) in [5, 5.41) is 15.2. The van der Waals surface area contributed by atoms with Gasteiger partial charge in [0.2, 0.25) is 0 Å². The Hall–Kier alpha value is -1.31. The van der Waals surface area contributed by atoms with E-state index in [0.717, 1.165) is 0 Å². The molecule has 0 bridgehead atoms. The zero-order chi connectivity index (χ0) is 11.3. The van der Waals surface area contributed by atoms with E-state index in [-0.39, 0.29) is 17.0 Å². The van der Waals surface area contributed by atoms with Gasteiger partial charge in [-0.3, -0.25) is 9.00 Å². The number of nitrogens with zero attached hydrogens (tertiary/aromatic N) is 3. The molecular weight excluding hydrogens is 218 g/mol. The highest BCUT2D eigenvalue weighted by Crippen LogP contribution is 1.97. The lowest BCUT2D eigenvalue weighted by Gasteiger charge is -2.07. The maximum Gasteiger partial charge on any atom is 0.292 e. The second-order valence-corrected chi connectivity index (χ2v) is 4.89. The van der Waals surface area contributed by atoms with Crippen LogP contribution in [-0.2, 0) is 10.8 Å². The molecular formula is C7H13N5O2S. The number of carbonyl (C=O) groups is 1. The number of nitrogens with one attached hydrogen (secondary N) is 2. The van der Waals surface area contributed by atoms with E-state index in [1.54, 1.807) is 6.26 Å². The van der Waals surface area contributed by atoms with Gasteiger partial charge in [-0.25, -0.2) is 0 Å². The van der Waals surface area contributed by atoms with Crippen LogP contribution in [0.2, 0.25) is 0 Å². The van der Waals surface area contributed by atoms with Gasteiger partial charge in [0.1, 0.15) is 0 Å². The predicted octanol–water partition coefficient (Wildman–Crippen LogP) is -0.913. The molecule has 0 spiro atoms. The van der Waals surface area contributed by atoms with Crippen molar-refractivity contribution in [1.29, 1.82) is 0 Å². The lowest BCUT2D eigenvalue weighted by molar-refractivity contribution is 0.0943. The molecule has 1 rings (SSSR count). The van der Waals surface area contributed by atoms with E-state index in [2.05, 4.69) is 25.9 Å². The molecule has 0 aliphatic heterocycles. The molecule has 15 heavy (non-hydrogen) atoms. The minimum atomic E-state index is -0.863. The van der Waals surface area contributed by atoms with E-state index in [4.69, 9.17) is 0 Å². The SMILES string of the molecule is CC(CCNC(=O)c1nn[nH]n1)S(C)=O. The molecule has 2 atom stereocenters. The van der Waals surface area contributed by atoms with Crippen molar-refractivity contribution in [1.82, 2.24) is 25.9 Å². The minimum Gasteiger partial charge on any atom is -0.349 e. The average molecular weight is 231 g/mol. The summed E-state index contributed by atoms with van der Waals surface area (Å²) in [6, 6.07) is 0. The Morgan fingerprint density at radius 1 is 1.67 bits per heavy atom. The zero-order valence-electron chi connectivity index (χ0n) is 8.56. The first-order valence-corrected chi connectivity index (χ1v) is 6.07. The first-order valence-electron chi connectivity index (χ1n) is 4.45. The molecule has 0 radical (unpaired) electrons. The van der Waals surface area contributed by atoms with Crippen LogP contribution in [0.25, 0.3) is 0 Å². The number of amides is 1. The summed E-state index contributed by atoms with van der Waals surface area (Å²) in [4.78, 5) is 11.3. The third-order valence-corrected chi connectivity index (χ3v) is 3.32. The quantitative estimate of drug-likeness (QED) is 0.683. The van der Waals surface area contributed by atoms with Crippen molar-refractivity contribution in [2.24, 2.45) is 0 Å². The van der Waals surface area contributed by atoms with Gasteiger partial charge in [0, 0.05) is 28.9 Å². The van der Waals surface area contributed by atoms with Crippen molar-refractivity contribution in [3.05, 3.63) is 5.82 Å². The lowest BCUT2D eigenvalue weighted by Crippen LogP contribution is -2.28. The molecule has 1 heterocycles. The van der Waals surface area contributed by atoms with Crippen LogP contribution in [0.15, 0.2) is 0 Å². The number of carbonyl (C=O) groups excluding carboxylic acids is 1. The molecule has 1 aromatic heterocycles.